The second-order valence-electron chi connectivity index (χ2n) is 3.89. The molecule has 0 heterocycles. The standard InChI is InChI=1S/C14H16O/c1-11-6-5-7-12(10-11)13-8-3-4-9-14(13)15-2/h3-4,7-10H,5-6H2,1-2H3. The molecule has 0 fully saturated rings. The summed E-state index contributed by atoms with van der Waals surface area (Å²) in [5.74, 6) is 0.953. The molecule has 0 aromatic heterocycles. The van der Waals surface area contributed by atoms with Gasteiger partial charge in [-0.3, -0.25) is 0 Å². The Morgan fingerprint density at radius 3 is 2.73 bits per heavy atom. The first-order valence-electron chi connectivity index (χ1n) is 5.32. The number of rotatable bonds is 2. The van der Waals surface area contributed by atoms with Crippen LogP contribution in [0.2, 0.25) is 0 Å². The first-order valence-corrected chi connectivity index (χ1v) is 5.32. The van der Waals surface area contributed by atoms with Gasteiger partial charge in [-0.25, -0.2) is 0 Å². The summed E-state index contributed by atoms with van der Waals surface area (Å²) in [6, 6.07) is 8.17. The summed E-state index contributed by atoms with van der Waals surface area (Å²) in [5.41, 5.74) is 3.92. The molecule has 0 atom stereocenters. The lowest BCUT2D eigenvalue weighted by Crippen LogP contribution is -1.93. The third kappa shape index (κ3) is 2.12. The van der Waals surface area contributed by atoms with E-state index in [1.54, 1.807) is 7.11 Å². The van der Waals surface area contributed by atoms with Crippen molar-refractivity contribution in [3.63, 3.8) is 0 Å². The average molecular weight is 200 g/mol. The molecule has 0 bridgehead atoms. The van der Waals surface area contributed by atoms with Crippen molar-refractivity contribution in [1.29, 1.82) is 0 Å². The molecule has 0 radical (unpaired) electrons. The van der Waals surface area contributed by atoms with Crippen LogP contribution in [0.3, 0.4) is 0 Å². The van der Waals surface area contributed by atoms with Crippen LogP contribution in [0, 0.1) is 0 Å². The minimum Gasteiger partial charge on any atom is -0.496 e. The largest absolute Gasteiger partial charge is 0.496 e. The summed E-state index contributed by atoms with van der Waals surface area (Å²) in [7, 11) is 1.72. The molecule has 1 heteroatoms. The van der Waals surface area contributed by atoms with E-state index in [0.29, 0.717) is 0 Å². The van der Waals surface area contributed by atoms with Crippen LogP contribution in [-0.2, 0) is 0 Å². The van der Waals surface area contributed by atoms with E-state index in [0.717, 1.165) is 12.2 Å². The fourth-order valence-electron chi connectivity index (χ4n) is 1.92. The van der Waals surface area contributed by atoms with Gasteiger partial charge in [-0.1, -0.05) is 35.9 Å². The topological polar surface area (TPSA) is 9.23 Å². The number of ether oxygens (including phenoxy) is 1. The van der Waals surface area contributed by atoms with Crippen LogP contribution in [0.4, 0.5) is 0 Å². The maximum Gasteiger partial charge on any atom is 0.126 e. The lowest BCUT2D eigenvalue weighted by molar-refractivity contribution is 0.413. The molecule has 0 saturated carbocycles. The highest BCUT2D eigenvalue weighted by Crippen LogP contribution is 2.30. The zero-order valence-corrected chi connectivity index (χ0v) is 9.29. The summed E-state index contributed by atoms with van der Waals surface area (Å²) in [5, 5.41) is 0. The Kier molecular flexibility index (Phi) is 2.91. The number of benzene rings is 1. The van der Waals surface area contributed by atoms with Gasteiger partial charge >= 0.3 is 0 Å². The molecular weight excluding hydrogens is 184 g/mol. The summed E-state index contributed by atoms with van der Waals surface area (Å²) >= 11 is 0. The van der Waals surface area contributed by atoms with Crippen LogP contribution in [-0.4, -0.2) is 7.11 Å². The Hall–Kier alpha value is -1.50. The molecule has 1 aliphatic rings. The zero-order valence-electron chi connectivity index (χ0n) is 9.29. The van der Waals surface area contributed by atoms with E-state index in [2.05, 4.69) is 31.2 Å². The molecule has 15 heavy (non-hydrogen) atoms. The number of hydrogen-bond acceptors (Lipinski definition) is 1. The summed E-state index contributed by atoms with van der Waals surface area (Å²) in [6.07, 6.45) is 6.85. The van der Waals surface area contributed by atoms with E-state index in [9.17, 15) is 0 Å². The van der Waals surface area contributed by atoms with E-state index in [1.165, 1.54) is 23.1 Å². The Morgan fingerprint density at radius 2 is 2.00 bits per heavy atom. The molecule has 78 valence electrons. The summed E-state index contributed by atoms with van der Waals surface area (Å²) in [6.45, 7) is 2.18. The molecule has 0 spiro atoms. The molecule has 0 saturated heterocycles. The Morgan fingerprint density at radius 1 is 1.20 bits per heavy atom. The maximum absolute atomic E-state index is 5.36. The monoisotopic (exact) mass is 200 g/mol. The molecule has 2 rings (SSSR count). The van der Waals surface area contributed by atoms with Crippen LogP contribution in [0.1, 0.15) is 25.3 Å². The van der Waals surface area contributed by atoms with Crippen molar-refractivity contribution in [1.82, 2.24) is 0 Å². The molecule has 1 aromatic rings. The fraction of sp³-hybridized carbons (Fsp3) is 0.286. The van der Waals surface area contributed by atoms with Gasteiger partial charge in [0.2, 0.25) is 0 Å². The Balaban J connectivity index is 2.41. The van der Waals surface area contributed by atoms with Gasteiger partial charge in [0.1, 0.15) is 5.75 Å². The molecule has 0 unspecified atom stereocenters. The van der Waals surface area contributed by atoms with Crippen molar-refractivity contribution in [2.24, 2.45) is 0 Å². The average Bonchev–Trinajstić information content (AvgIpc) is 2.29. The molecule has 1 aliphatic carbocycles. The first kappa shape index (κ1) is 10.0. The predicted molar refractivity (Wildman–Crippen MR) is 64.0 cm³/mol. The van der Waals surface area contributed by atoms with Gasteiger partial charge in [0.25, 0.3) is 0 Å². The highest BCUT2D eigenvalue weighted by Gasteiger charge is 2.08. The number of para-hydroxylation sites is 1. The third-order valence-corrected chi connectivity index (χ3v) is 2.72. The van der Waals surface area contributed by atoms with Gasteiger partial charge in [-0.15, -0.1) is 0 Å². The van der Waals surface area contributed by atoms with Crippen molar-refractivity contribution >= 4 is 5.57 Å². The van der Waals surface area contributed by atoms with E-state index in [-0.39, 0.29) is 0 Å². The normalized spacial score (nSPS) is 15.6. The van der Waals surface area contributed by atoms with E-state index in [1.807, 2.05) is 12.1 Å². The quantitative estimate of drug-likeness (QED) is 0.705. The van der Waals surface area contributed by atoms with Crippen molar-refractivity contribution in [3.05, 3.63) is 47.6 Å². The van der Waals surface area contributed by atoms with Crippen LogP contribution in [0.25, 0.3) is 5.57 Å². The van der Waals surface area contributed by atoms with Crippen molar-refractivity contribution < 1.29 is 4.74 Å². The Labute approximate surface area is 91.1 Å². The molecule has 1 aromatic carbocycles. The second kappa shape index (κ2) is 4.35. The summed E-state index contributed by atoms with van der Waals surface area (Å²) < 4.78 is 5.36. The third-order valence-electron chi connectivity index (χ3n) is 2.72. The minimum absolute atomic E-state index is 0.953. The fourth-order valence-corrected chi connectivity index (χ4v) is 1.92. The summed E-state index contributed by atoms with van der Waals surface area (Å²) in [4.78, 5) is 0. The smallest absolute Gasteiger partial charge is 0.126 e. The lowest BCUT2D eigenvalue weighted by atomic mass is 9.95. The van der Waals surface area contributed by atoms with Crippen LogP contribution in [0.5, 0.6) is 5.75 Å². The number of allylic oxidation sites excluding steroid dienone is 4. The number of hydrogen-bond donors (Lipinski definition) is 0. The van der Waals surface area contributed by atoms with Crippen molar-refractivity contribution in [2.45, 2.75) is 19.8 Å². The van der Waals surface area contributed by atoms with Gasteiger partial charge in [-0.2, -0.15) is 0 Å². The van der Waals surface area contributed by atoms with Gasteiger partial charge in [0, 0.05) is 5.56 Å². The molecule has 1 nitrogen and oxygen atoms in total. The van der Waals surface area contributed by atoms with Crippen molar-refractivity contribution in [3.8, 4) is 5.75 Å². The van der Waals surface area contributed by atoms with Gasteiger partial charge in [0.05, 0.1) is 7.11 Å². The van der Waals surface area contributed by atoms with E-state index in [4.69, 9.17) is 4.74 Å². The van der Waals surface area contributed by atoms with Gasteiger partial charge in [0.15, 0.2) is 0 Å². The second-order valence-corrected chi connectivity index (χ2v) is 3.89. The molecule has 0 aliphatic heterocycles. The molecule has 0 N–H and O–H groups in total. The first-order chi connectivity index (χ1) is 7.31. The van der Waals surface area contributed by atoms with Crippen molar-refractivity contribution in [2.75, 3.05) is 7.11 Å². The number of methoxy groups -OCH3 is 1. The lowest BCUT2D eigenvalue weighted by Gasteiger charge is -2.13. The van der Waals surface area contributed by atoms with Gasteiger partial charge < -0.3 is 4.74 Å². The van der Waals surface area contributed by atoms with Crippen LogP contribution in [0.15, 0.2) is 42.0 Å². The highest BCUT2D eigenvalue weighted by atomic mass is 16.5. The van der Waals surface area contributed by atoms with Crippen LogP contribution >= 0.6 is 0 Å². The SMILES string of the molecule is COc1ccccc1C1=CCCC(C)=C1. The zero-order chi connectivity index (χ0) is 10.7. The Bertz CT molecular complexity index is 413. The molecule has 0 amide bonds. The van der Waals surface area contributed by atoms with E-state index >= 15 is 0 Å². The maximum atomic E-state index is 5.36. The van der Waals surface area contributed by atoms with E-state index < -0.39 is 0 Å². The molecular formula is C14H16O. The minimum atomic E-state index is 0.953. The van der Waals surface area contributed by atoms with Gasteiger partial charge in [-0.05, 0) is 31.4 Å². The van der Waals surface area contributed by atoms with Crippen LogP contribution < -0.4 is 4.74 Å². The predicted octanol–water partition coefficient (Wildman–Crippen LogP) is 3.82. The highest BCUT2D eigenvalue weighted by molar-refractivity contribution is 5.79.